The summed E-state index contributed by atoms with van der Waals surface area (Å²) in [5, 5.41) is 3.28. The quantitative estimate of drug-likeness (QED) is 0.458. The van der Waals surface area contributed by atoms with E-state index in [1.54, 1.807) is 11.3 Å². The molecule has 0 spiro atoms. The molecular weight excluding hydrogens is 399 g/mol. The van der Waals surface area contributed by atoms with Gasteiger partial charge in [-0.2, -0.15) is 0 Å². The molecular formula is C20H26Cl2N4S. The van der Waals surface area contributed by atoms with Crippen molar-refractivity contribution < 1.29 is 0 Å². The van der Waals surface area contributed by atoms with Crippen LogP contribution >= 0.6 is 36.2 Å². The second-order valence-electron chi connectivity index (χ2n) is 6.79. The number of benzene rings is 1. The molecule has 27 heavy (non-hydrogen) atoms. The molecule has 0 amide bonds. The zero-order valence-electron chi connectivity index (χ0n) is 15.4. The lowest BCUT2D eigenvalue weighted by molar-refractivity contribution is 0.287. The molecule has 0 bridgehead atoms. The first-order valence-electron chi connectivity index (χ1n) is 8.88. The average Bonchev–Trinajstić information content (AvgIpc) is 3.34. The molecule has 0 radical (unpaired) electrons. The SMILES string of the molecule is CN1CCCC1CCn1ccc2ccc(N=C(N)c3cccs3)cc21.Cl.Cl. The minimum Gasteiger partial charge on any atom is -0.383 e. The number of rotatable bonds is 5. The van der Waals surface area contributed by atoms with E-state index in [2.05, 4.69) is 45.9 Å². The number of halogens is 2. The van der Waals surface area contributed by atoms with Gasteiger partial charge in [0.1, 0.15) is 5.84 Å². The second kappa shape index (κ2) is 9.60. The van der Waals surface area contributed by atoms with Crippen molar-refractivity contribution in [2.75, 3.05) is 13.6 Å². The lowest BCUT2D eigenvalue weighted by Gasteiger charge is -2.19. The summed E-state index contributed by atoms with van der Waals surface area (Å²) in [6.45, 7) is 2.28. The van der Waals surface area contributed by atoms with E-state index in [9.17, 15) is 0 Å². The summed E-state index contributed by atoms with van der Waals surface area (Å²) in [4.78, 5) is 8.11. The molecule has 1 aliphatic rings. The van der Waals surface area contributed by atoms with Gasteiger partial charge in [-0.15, -0.1) is 36.2 Å². The number of thiophene rings is 1. The number of nitrogens with zero attached hydrogens (tertiary/aromatic N) is 3. The summed E-state index contributed by atoms with van der Waals surface area (Å²) >= 11 is 1.62. The number of amidine groups is 1. The summed E-state index contributed by atoms with van der Waals surface area (Å²) in [7, 11) is 2.24. The maximum absolute atomic E-state index is 6.13. The number of hydrogen-bond donors (Lipinski definition) is 1. The van der Waals surface area contributed by atoms with Gasteiger partial charge >= 0.3 is 0 Å². The van der Waals surface area contributed by atoms with Crippen molar-refractivity contribution in [3.63, 3.8) is 0 Å². The minimum absolute atomic E-state index is 0. The molecule has 0 saturated carbocycles. The Balaban J connectivity index is 0.00000131. The molecule has 1 aliphatic heterocycles. The van der Waals surface area contributed by atoms with Gasteiger partial charge in [0.15, 0.2) is 0 Å². The van der Waals surface area contributed by atoms with Gasteiger partial charge in [-0.25, -0.2) is 4.99 Å². The van der Waals surface area contributed by atoms with Crippen molar-refractivity contribution in [3.05, 3.63) is 52.9 Å². The third-order valence-electron chi connectivity index (χ3n) is 5.16. The summed E-state index contributed by atoms with van der Waals surface area (Å²) in [6, 6.07) is 13.2. The Morgan fingerprint density at radius 2 is 2.11 bits per heavy atom. The number of fused-ring (bicyclic) bond motifs is 1. The largest absolute Gasteiger partial charge is 0.383 e. The van der Waals surface area contributed by atoms with Gasteiger partial charge in [-0.1, -0.05) is 12.1 Å². The van der Waals surface area contributed by atoms with Gasteiger partial charge in [-0.3, -0.25) is 0 Å². The normalized spacial score (nSPS) is 17.7. The maximum atomic E-state index is 6.13. The lowest BCUT2D eigenvalue weighted by atomic mass is 10.1. The van der Waals surface area contributed by atoms with E-state index in [1.807, 2.05) is 23.6 Å². The highest BCUT2D eigenvalue weighted by Crippen LogP contribution is 2.25. The Morgan fingerprint density at radius 1 is 1.26 bits per heavy atom. The third-order valence-corrected chi connectivity index (χ3v) is 6.05. The Morgan fingerprint density at radius 3 is 2.81 bits per heavy atom. The molecule has 2 N–H and O–H groups in total. The molecule has 146 valence electrons. The van der Waals surface area contributed by atoms with Crippen LogP contribution in [0.3, 0.4) is 0 Å². The maximum Gasteiger partial charge on any atom is 0.141 e. The Kier molecular flexibility index (Phi) is 7.74. The van der Waals surface area contributed by atoms with Crippen LogP contribution < -0.4 is 5.73 Å². The molecule has 0 aliphatic carbocycles. The molecule has 1 atom stereocenters. The highest BCUT2D eigenvalue weighted by Gasteiger charge is 2.20. The average molecular weight is 425 g/mol. The Bertz CT molecular complexity index is 889. The van der Waals surface area contributed by atoms with Crippen molar-refractivity contribution >= 4 is 58.6 Å². The number of hydrogen-bond acceptors (Lipinski definition) is 3. The highest BCUT2D eigenvalue weighted by atomic mass is 35.5. The van der Waals surface area contributed by atoms with Crippen LogP contribution in [0.2, 0.25) is 0 Å². The van der Waals surface area contributed by atoms with Crippen LogP contribution in [0.1, 0.15) is 24.1 Å². The minimum atomic E-state index is 0. The van der Waals surface area contributed by atoms with Crippen molar-refractivity contribution in [2.24, 2.45) is 10.7 Å². The molecule has 3 aromatic rings. The summed E-state index contributed by atoms with van der Waals surface area (Å²) in [5.74, 6) is 0.583. The fourth-order valence-electron chi connectivity index (χ4n) is 3.69. The van der Waals surface area contributed by atoms with Crippen molar-refractivity contribution in [1.82, 2.24) is 9.47 Å². The molecule has 4 rings (SSSR count). The zero-order chi connectivity index (χ0) is 17.2. The van der Waals surface area contributed by atoms with Crippen molar-refractivity contribution in [3.8, 4) is 0 Å². The Hall–Kier alpha value is -1.53. The van der Waals surface area contributed by atoms with Crippen LogP contribution in [-0.2, 0) is 6.54 Å². The Labute approximate surface area is 176 Å². The first kappa shape index (κ1) is 21.8. The van der Waals surface area contributed by atoms with Crippen LogP contribution in [0.5, 0.6) is 0 Å². The van der Waals surface area contributed by atoms with E-state index in [-0.39, 0.29) is 24.8 Å². The van der Waals surface area contributed by atoms with Gasteiger partial charge in [0.25, 0.3) is 0 Å². The van der Waals surface area contributed by atoms with E-state index in [4.69, 9.17) is 5.73 Å². The van der Waals surface area contributed by atoms with Crippen LogP contribution in [0.25, 0.3) is 10.9 Å². The van der Waals surface area contributed by atoms with Crippen LogP contribution in [0.15, 0.2) is 53.0 Å². The standard InChI is InChI=1S/C20H24N4S.2ClH/c1-23-10-2-4-17(23)9-12-24-11-8-15-6-7-16(14-18(15)24)22-20(21)19-5-3-13-25-19;;/h3,5-8,11,13-14,17H,2,4,9-10,12H2,1H3,(H2,21,22);2*1H. The topological polar surface area (TPSA) is 46.5 Å². The number of aryl methyl sites for hydroxylation is 1. The molecule has 2 aromatic heterocycles. The van der Waals surface area contributed by atoms with Gasteiger partial charge in [0, 0.05) is 18.8 Å². The predicted octanol–water partition coefficient (Wildman–Crippen LogP) is 5.07. The molecule has 1 fully saturated rings. The van der Waals surface area contributed by atoms with E-state index < -0.39 is 0 Å². The molecule has 1 saturated heterocycles. The van der Waals surface area contributed by atoms with Crippen LogP contribution in [0, 0.1) is 0 Å². The fraction of sp³-hybridized carbons (Fsp3) is 0.350. The van der Waals surface area contributed by atoms with Gasteiger partial charge < -0.3 is 15.2 Å². The first-order valence-corrected chi connectivity index (χ1v) is 9.76. The van der Waals surface area contributed by atoms with Crippen molar-refractivity contribution in [1.29, 1.82) is 0 Å². The highest BCUT2D eigenvalue weighted by molar-refractivity contribution is 7.12. The molecule has 7 heteroatoms. The number of nitrogens with two attached hydrogens (primary N) is 1. The molecule has 3 heterocycles. The zero-order valence-corrected chi connectivity index (χ0v) is 17.8. The molecule has 1 unspecified atom stereocenters. The van der Waals surface area contributed by atoms with Crippen LogP contribution in [-0.4, -0.2) is 34.9 Å². The number of aromatic nitrogens is 1. The fourth-order valence-corrected chi connectivity index (χ4v) is 4.31. The summed E-state index contributed by atoms with van der Waals surface area (Å²) in [6.07, 6.45) is 6.04. The second-order valence-corrected chi connectivity index (χ2v) is 7.74. The van der Waals surface area contributed by atoms with Gasteiger partial charge in [0.2, 0.25) is 0 Å². The smallest absolute Gasteiger partial charge is 0.141 e. The first-order chi connectivity index (χ1) is 12.2. The van der Waals surface area contributed by atoms with Gasteiger partial charge in [-0.05, 0) is 67.9 Å². The van der Waals surface area contributed by atoms with E-state index in [1.165, 1.54) is 36.7 Å². The van der Waals surface area contributed by atoms with Gasteiger partial charge in [0.05, 0.1) is 16.1 Å². The molecule has 4 nitrogen and oxygen atoms in total. The summed E-state index contributed by atoms with van der Waals surface area (Å²) in [5.41, 5.74) is 8.28. The van der Waals surface area contributed by atoms with E-state index in [0.717, 1.165) is 17.1 Å². The van der Waals surface area contributed by atoms with E-state index in [0.29, 0.717) is 11.9 Å². The van der Waals surface area contributed by atoms with E-state index >= 15 is 0 Å². The van der Waals surface area contributed by atoms with Crippen LogP contribution in [0.4, 0.5) is 5.69 Å². The molecule has 1 aromatic carbocycles. The monoisotopic (exact) mass is 424 g/mol. The lowest BCUT2D eigenvalue weighted by Crippen LogP contribution is -2.25. The number of likely N-dealkylation sites (tertiary alicyclic amines) is 1. The van der Waals surface area contributed by atoms with Crippen molar-refractivity contribution in [2.45, 2.75) is 31.8 Å². The summed E-state index contributed by atoms with van der Waals surface area (Å²) < 4.78 is 2.35. The predicted molar refractivity (Wildman–Crippen MR) is 121 cm³/mol. The number of aliphatic imine (C=N–C) groups is 1. The third kappa shape index (κ3) is 4.85.